The molecule has 0 atom stereocenters. The molecule has 0 saturated heterocycles. The maximum Gasteiger partial charge on any atom is 0.262 e. The van der Waals surface area contributed by atoms with E-state index in [1.54, 1.807) is 18.2 Å². The first-order valence-electron chi connectivity index (χ1n) is 7.64. The van der Waals surface area contributed by atoms with Gasteiger partial charge in [0.2, 0.25) is 5.91 Å². The van der Waals surface area contributed by atoms with Gasteiger partial charge in [0, 0.05) is 12.6 Å². The van der Waals surface area contributed by atoms with E-state index < -0.39 is 5.91 Å². The highest BCUT2D eigenvalue weighted by molar-refractivity contribution is 5.91. The topological polar surface area (TPSA) is 89.0 Å². The molecule has 0 radical (unpaired) electrons. The molecule has 26 heavy (non-hydrogen) atoms. The van der Waals surface area contributed by atoms with Crippen LogP contribution in [0.15, 0.2) is 47.6 Å². The number of nitrogens with zero attached hydrogens (tertiary/aromatic N) is 1. The zero-order valence-electron chi connectivity index (χ0n) is 14.3. The molecule has 0 aliphatic heterocycles. The molecule has 8 heteroatoms. The second-order valence-electron chi connectivity index (χ2n) is 5.18. The van der Waals surface area contributed by atoms with Crippen LogP contribution < -0.4 is 20.2 Å². The van der Waals surface area contributed by atoms with Crippen LogP contribution in [0.2, 0.25) is 0 Å². The number of nitrogens with one attached hydrogen (secondary N) is 2. The Bertz CT molecular complexity index is 807. The Balaban J connectivity index is 1.95. The van der Waals surface area contributed by atoms with Gasteiger partial charge in [0.25, 0.3) is 5.91 Å². The number of halogens is 1. The average molecular weight is 359 g/mol. The summed E-state index contributed by atoms with van der Waals surface area (Å²) in [5.41, 5.74) is 3.44. The van der Waals surface area contributed by atoms with Crippen molar-refractivity contribution in [2.75, 3.05) is 19.0 Å². The van der Waals surface area contributed by atoms with E-state index in [1.165, 1.54) is 44.5 Å². The molecule has 2 aromatic carbocycles. The Hall–Kier alpha value is -3.42. The third kappa shape index (κ3) is 5.90. The summed E-state index contributed by atoms with van der Waals surface area (Å²) in [6.07, 6.45) is 1.45. The molecule has 0 unspecified atom stereocenters. The molecule has 7 nitrogen and oxygen atoms in total. The number of methoxy groups -OCH3 is 1. The van der Waals surface area contributed by atoms with Crippen LogP contribution in [-0.4, -0.2) is 31.7 Å². The van der Waals surface area contributed by atoms with Crippen molar-refractivity contribution in [3.8, 4) is 11.5 Å². The van der Waals surface area contributed by atoms with E-state index in [-0.39, 0.29) is 18.3 Å². The fourth-order valence-electron chi connectivity index (χ4n) is 1.96. The van der Waals surface area contributed by atoms with Gasteiger partial charge in [-0.2, -0.15) is 5.10 Å². The van der Waals surface area contributed by atoms with Crippen LogP contribution in [0.5, 0.6) is 11.5 Å². The molecule has 2 amide bonds. The van der Waals surface area contributed by atoms with Crippen LogP contribution in [0.1, 0.15) is 12.5 Å². The lowest BCUT2D eigenvalue weighted by Gasteiger charge is -2.11. The predicted octanol–water partition coefficient (Wildman–Crippen LogP) is 2.32. The minimum atomic E-state index is -0.394. The number of rotatable bonds is 7. The number of ether oxygens (including phenoxy) is 2. The number of hydrogen-bond donors (Lipinski definition) is 2. The number of anilines is 1. The Morgan fingerprint density at radius 3 is 2.54 bits per heavy atom. The molecule has 0 spiro atoms. The van der Waals surface area contributed by atoms with Crippen molar-refractivity contribution >= 4 is 23.7 Å². The smallest absolute Gasteiger partial charge is 0.262 e. The highest BCUT2D eigenvalue weighted by Crippen LogP contribution is 2.27. The Morgan fingerprint density at radius 2 is 1.88 bits per heavy atom. The summed E-state index contributed by atoms with van der Waals surface area (Å²) in [5, 5.41) is 6.36. The van der Waals surface area contributed by atoms with Crippen molar-refractivity contribution in [2.45, 2.75) is 6.92 Å². The lowest BCUT2D eigenvalue weighted by atomic mass is 10.2. The van der Waals surface area contributed by atoms with Gasteiger partial charge in [0.15, 0.2) is 18.1 Å². The highest BCUT2D eigenvalue weighted by Gasteiger charge is 2.09. The molecular formula is C18H18FN3O4. The van der Waals surface area contributed by atoms with Crippen LogP contribution in [0.4, 0.5) is 10.1 Å². The second kappa shape index (κ2) is 9.16. The number of hydrogen-bond acceptors (Lipinski definition) is 5. The minimum Gasteiger partial charge on any atom is -0.493 e. The monoisotopic (exact) mass is 359 g/mol. The number of carbonyl (C=O) groups excluding carboxylic acids is 2. The van der Waals surface area contributed by atoms with Crippen molar-refractivity contribution < 1.29 is 23.5 Å². The van der Waals surface area contributed by atoms with Crippen LogP contribution in [0.3, 0.4) is 0 Å². The van der Waals surface area contributed by atoms with Crippen LogP contribution in [0.25, 0.3) is 0 Å². The minimum absolute atomic E-state index is 0.243. The predicted molar refractivity (Wildman–Crippen MR) is 94.9 cm³/mol. The number of carbonyl (C=O) groups is 2. The summed E-state index contributed by atoms with van der Waals surface area (Å²) in [4.78, 5) is 22.7. The third-order valence-corrected chi connectivity index (χ3v) is 3.11. The van der Waals surface area contributed by atoms with Crippen molar-refractivity contribution in [2.24, 2.45) is 5.10 Å². The Morgan fingerprint density at radius 1 is 1.15 bits per heavy atom. The fourth-order valence-corrected chi connectivity index (χ4v) is 1.96. The van der Waals surface area contributed by atoms with E-state index in [9.17, 15) is 14.0 Å². The normalized spacial score (nSPS) is 10.4. The van der Waals surface area contributed by atoms with Gasteiger partial charge >= 0.3 is 0 Å². The molecule has 0 aromatic heterocycles. The van der Waals surface area contributed by atoms with Gasteiger partial charge in [-0.25, -0.2) is 9.82 Å². The molecule has 0 heterocycles. The average Bonchev–Trinajstić information content (AvgIpc) is 2.62. The van der Waals surface area contributed by atoms with E-state index in [2.05, 4.69) is 15.8 Å². The Kier molecular flexibility index (Phi) is 6.67. The zero-order chi connectivity index (χ0) is 18.9. The number of hydrazone groups is 1. The molecule has 0 aliphatic rings. The summed E-state index contributed by atoms with van der Waals surface area (Å²) < 4.78 is 23.5. The standard InChI is InChI=1S/C18H18FN3O4/c1-12(23)22-20-10-13-3-8-16(17(9-13)25-2)26-11-18(24)21-15-6-4-14(19)5-7-15/h3-10H,11H2,1-2H3,(H,21,24)(H,22,23)/b20-10-. The van der Waals surface area contributed by atoms with E-state index in [0.29, 0.717) is 22.7 Å². The van der Waals surface area contributed by atoms with Crippen molar-refractivity contribution in [1.29, 1.82) is 0 Å². The first kappa shape index (κ1) is 18.9. The Labute approximate surface area is 149 Å². The summed E-state index contributed by atoms with van der Waals surface area (Å²) in [6, 6.07) is 10.4. The molecule has 0 aliphatic carbocycles. The van der Waals surface area contributed by atoms with Gasteiger partial charge in [-0.05, 0) is 48.0 Å². The lowest BCUT2D eigenvalue weighted by Crippen LogP contribution is -2.20. The maximum absolute atomic E-state index is 12.8. The van der Waals surface area contributed by atoms with E-state index in [1.807, 2.05) is 0 Å². The van der Waals surface area contributed by atoms with Crippen LogP contribution in [-0.2, 0) is 9.59 Å². The maximum atomic E-state index is 12.8. The van der Waals surface area contributed by atoms with Crippen LogP contribution >= 0.6 is 0 Å². The summed E-state index contributed by atoms with van der Waals surface area (Å²) >= 11 is 0. The van der Waals surface area contributed by atoms with Crippen molar-refractivity contribution in [3.05, 3.63) is 53.8 Å². The van der Waals surface area contributed by atoms with Crippen molar-refractivity contribution in [3.63, 3.8) is 0 Å². The molecule has 0 fully saturated rings. The summed E-state index contributed by atoms with van der Waals surface area (Å²) in [5.74, 6) is -0.272. The molecule has 136 valence electrons. The second-order valence-corrected chi connectivity index (χ2v) is 5.18. The number of benzene rings is 2. The first-order chi connectivity index (χ1) is 12.5. The molecular weight excluding hydrogens is 341 g/mol. The van der Waals surface area contributed by atoms with Gasteiger partial charge in [0.05, 0.1) is 13.3 Å². The SMILES string of the molecule is COc1cc(/C=N\NC(C)=O)ccc1OCC(=O)Nc1ccc(F)cc1. The fraction of sp³-hybridized carbons (Fsp3) is 0.167. The lowest BCUT2D eigenvalue weighted by molar-refractivity contribution is -0.119. The van der Waals surface area contributed by atoms with Gasteiger partial charge in [0.1, 0.15) is 5.82 Å². The number of amides is 2. The van der Waals surface area contributed by atoms with Gasteiger partial charge in [-0.15, -0.1) is 0 Å². The third-order valence-electron chi connectivity index (χ3n) is 3.11. The van der Waals surface area contributed by atoms with E-state index >= 15 is 0 Å². The zero-order valence-corrected chi connectivity index (χ0v) is 14.3. The van der Waals surface area contributed by atoms with Gasteiger partial charge in [-0.3, -0.25) is 9.59 Å². The molecule has 0 bridgehead atoms. The van der Waals surface area contributed by atoms with E-state index in [4.69, 9.17) is 9.47 Å². The molecule has 2 rings (SSSR count). The van der Waals surface area contributed by atoms with E-state index in [0.717, 1.165) is 0 Å². The van der Waals surface area contributed by atoms with Gasteiger partial charge < -0.3 is 14.8 Å². The molecule has 2 aromatic rings. The highest BCUT2D eigenvalue weighted by atomic mass is 19.1. The summed E-state index contributed by atoms with van der Waals surface area (Å²) in [7, 11) is 1.47. The molecule has 0 saturated carbocycles. The van der Waals surface area contributed by atoms with Crippen LogP contribution in [0, 0.1) is 5.82 Å². The van der Waals surface area contributed by atoms with Gasteiger partial charge in [-0.1, -0.05) is 0 Å². The molecule has 2 N–H and O–H groups in total. The quantitative estimate of drug-likeness (QED) is 0.586. The first-order valence-corrected chi connectivity index (χ1v) is 7.64. The largest absolute Gasteiger partial charge is 0.493 e. The van der Waals surface area contributed by atoms with Crippen molar-refractivity contribution in [1.82, 2.24) is 5.43 Å². The summed E-state index contributed by atoms with van der Waals surface area (Å²) in [6.45, 7) is 1.11.